The molecule has 1 aliphatic heterocycles. The standard InChI is InChI=1S/C30H48N4O5/c1-6-7-15-31-28(35)18-24-20-33(19-22-13-14-26(38-4)27(17-22)39-5)29(36)25(16-21(2)3)34(24)30(37)32-23-11-9-8-10-12-23/h13-14,17,21,23-25H,6-12,15-16,18-20H2,1-5H3,(H,31,35)(H,32,37)/t24-,25-/m1/s1. The molecule has 3 rings (SSSR count). The van der Waals surface area contributed by atoms with Crippen LogP contribution < -0.4 is 20.1 Å². The second-order valence-electron chi connectivity index (χ2n) is 11.3. The average Bonchev–Trinajstić information content (AvgIpc) is 2.91. The van der Waals surface area contributed by atoms with Crippen molar-refractivity contribution < 1.29 is 23.9 Å². The van der Waals surface area contributed by atoms with Gasteiger partial charge in [-0.25, -0.2) is 4.79 Å². The van der Waals surface area contributed by atoms with Crippen molar-refractivity contribution in [1.82, 2.24) is 20.4 Å². The number of amides is 4. The molecule has 1 saturated heterocycles. The van der Waals surface area contributed by atoms with Crippen LogP contribution in [0.3, 0.4) is 0 Å². The SMILES string of the molecule is CCCCNC(=O)C[C@@H]1CN(Cc2ccc(OC)c(OC)c2)C(=O)[C@@H](CC(C)C)N1C(=O)NC1CCCCC1. The summed E-state index contributed by atoms with van der Waals surface area (Å²) in [6, 6.07) is 4.46. The fourth-order valence-corrected chi connectivity index (χ4v) is 5.68. The van der Waals surface area contributed by atoms with Crippen molar-refractivity contribution in [3.05, 3.63) is 23.8 Å². The van der Waals surface area contributed by atoms with Gasteiger partial charge in [-0.05, 0) is 49.3 Å². The first kappa shape index (κ1) is 30.6. The molecule has 218 valence electrons. The number of nitrogens with zero attached hydrogens (tertiary/aromatic N) is 2. The Labute approximate surface area is 234 Å². The molecule has 1 heterocycles. The zero-order valence-corrected chi connectivity index (χ0v) is 24.5. The molecule has 1 saturated carbocycles. The molecular formula is C30H48N4O5. The van der Waals surface area contributed by atoms with Gasteiger partial charge in [0.05, 0.1) is 20.3 Å². The number of hydrogen-bond acceptors (Lipinski definition) is 5. The molecule has 2 N–H and O–H groups in total. The largest absolute Gasteiger partial charge is 0.493 e. The third-order valence-electron chi connectivity index (χ3n) is 7.71. The Kier molecular flexibility index (Phi) is 11.7. The highest BCUT2D eigenvalue weighted by atomic mass is 16.5. The topological polar surface area (TPSA) is 100 Å². The summed E-state index contributed by atoms with van der Waals surface area (Å²) in [6.45, 7) is 7.47. The number of hydrogen-bond donors (Lipinski definition) is 2. The quantitative estimate of drug-likeness (QED) is 0.378. The van der Waals surface area contributed by atoms with Crippen molar-refractivity contribution >= 4 is 17.8 Å². The molecule has 1 aromatic carbocycles. The number of piperazine rings is 1. The van der Waals surface area contributed by atoms with Crippen LogP contribution >= 0.6 is 0 Å². The highest BCUT2D eigenvalue weighted by Gasteiger charge is 2.44. The second-order valence-corrected chi connectivity index (χ2v) is 11.3. The predicted octanol–water partition coefficient (Wildman–Crippen LogP) is 4.48. The summed E-state index contributed by atoms with van der Waals surface area (Å²) >= 11 is 0. The molecule has 0 radical (unpaired) electrons. The van der Waals surface area contributed by atoms with E-state index < -0.39 is 12.1 Å². The number of urea groups is 1. The highest BCUT2D eigenvalue weighted by molar-refractivity contribution is 5.89. The lowest BCUT2D eigenvalue weighted by molar-refractivity contribution is -0.145. The summed E-state index contributed by atoms with van der Waals surface area (Å²) in [5.41, 5.74) is 0.899. The first-order valence-electron chi connectivity index (χ1n) is 14.6. The maximum atomic E-state index is 13.9. The molecule has 0 spiro atoms. The average molecular weight is 545 g/mol. The van der Waals surface area contributed by atoms with E-state index in [4.69, 9.17) is 9.47 Å². The van der Waals surface area contributed by atoms with E-state index in [9.17, 15) is 14.4 Å². The van der Waals surface area contributed by atoms with Crippen LogP contribution in [0.1, 0.15) is 84.1 Å². The number of methoxy groups -OCH3 is 2. The molecule has 1 aliphatic carbocycles. The normalized spacial score (nSPS) is 20.2. The molecule has 0 aromatic heterocycles. The van der Waals surface area contributed by atoms with Gasteiger partial charge in [0.1, 0.15) is 6.04 Å². The van der Waals surface area contributed by atoms with Gasteiger partial charge in [-0.1, -0.05) is 52.5 Å². The van der Waals surface area contributed by atoms with Gasteiger partial charge in [-0.15, -0.1) is 0 Å². The summed E-state index contributed by atoms with van der Waals surface area (Å²) in [4.78, 5) is 44.2. The van der Waals surface area contributed by atoms with E-state index in [1.54, 1.807) is 24.0 Å². The van der Waals surface area contributed by atoms with Crippen molar-refractivity contribution in [1.29, 1.82) is 0 Å². The Morgan fingerprint density at radius 2 is 1.79 bits per heavy atom. The van der Waals surface area contributed by atoms with Crippen molar-refractivity contribution in [3.8, 4) is 11.5 Å². The lowest BCUT2D eigenvalue weighted by atomic mass is 9.93. The first-order chi connectivity index (χ1) is 18.8. The van der Waals surface area contributed by atoms with Gasteiger partial charge in [0.15, 0.2) is 11.5 Å². The highest BCUT2D eigenvalue weighted by Crippen LogP contribution is 2.31. The maximum Gasteiger partial charge on any atom is 0.318 e. The molecule has 4 amide bonds. The predicted molar refractivity (Wildman–Crippen MR) is 152 cm³/mol. The van der Waals surface area contributed by atoms with Crippen LogP contribution in [0.25, 0.3) is 0 Å². The minimum Gasteiger partial charge on any atom is -0.493 e. The summed E-state index contributed by atoms with van der Waals surface area (Å²) in [7, 11) is 3.17. The number of nitrogens with one attached hydrogen (secondary N) is 2. The first-order valence-corrected chi connectivity index (χ1v) is 14.6. The summed E-state index contributed by atoms with van der Waals surface area (Å²) in [5, 5.41) is 6.21. The lowest BCUT2D eigenvalue weighted by Crippen LogP contribution is -2.66. The summed E-state index contributed by atoms with van der Waals surface area (Å²) < 4.78 is 10.8. The Bertz CT molecular complexity index is 963. The molecule has 1 aromatic rings. The van der Waals surface area contributed by atoms with Gasteiger partial charge in [-0.2, -0.15) is 0 Å². The molecule has 0 unspecified atom stereocenters. The lowest BCUT2D eigenvalue weighted by Gasteiger charge is -2.47. The fourth-order valence-electron chi connectivity index (χ4n) is 5.68. The van der Waals surface area contributed by atoms with Crippen molar-refractivity contribution in [3.63, 3.8) is 0 Å². The van der Waals surface area contributed by atoms with E-state index in [2.05, 4.69) is 31.4 Å². The molecule has 39 heavy (non-hydrogen) atoms. The van der Waals surface area contributed by atoms with E-state index in [0.717, 1.165) is 44.1 Å². The van der Waals surface area contributed by atoms with Gasteiger partial charge in [0, 0.05) is 32.1 Å². The Balaban J connectivity index is 1.88. The number of carbonyl (C=O) groups excluding carboxylic acids is 3. The van der Waals surface area contributed by atoms with E-state index in [1.165, 1.54) is 6.42 Å². The van der Waals surface area contributed by atoms with Crippen molar-refractivity contribution in [2.24, 2.45) is 5.92 Å². The van der Waals surface area contributed by atoms with Gasteiger partial charge >= 0.3 is 6.03 Å². The van der Waals surface area contributed by atoms with Gasteiger partial charge in [0.2, 0.25) is 11.8 Å². The number of ether oxygens (including phenoxy) is 2. The smallest absolute Gasteiger partial charge is 0.318 e. The fraction of sp³-hybridized carbons (Fsp3) is 0.700. The Morgan fingerprint density at radius 3 is 2.44 bits per heavy atom. The third kappa shape index (κ3) is 8.51. The van der Waals surface area contributed by atoms with Gasteiger partial charge < -0.3 is 29.9 Å². The maximum absolute atomic E-state index is 13.9. The molecule has 9 heteroatoms. The Morgan fingerprint density at radius 1 is 1.08 bits per heavy atom. The number of benzene rings is 1. The van der Waals surface area contributed by atoms with Crippen LogP contribution in [-0.2, 0) is 16.1 Å². The van der Waals surface area contributed by atoms with Gasteiger partial charge in [0.25, 0.3) is 0 Å². The monoisotopic (exact) mass is 544 g/mol. The van der Waals surface area contributed by atoms with E-state index in [-0.39, 0.29) is 36.2 Å². The third-order valence-corrected chi connectivity index (χ3v) is 7.71. The second kappa shape index (κ2) is 15.0. The van der Waals surface area contributed by atoms with Gasteiger partial charge in [-0.3, -0.25) is 9.59 Å². The van der Waals surface area contributed by atoms with Crippen molar-refractivity contribution in [2.75, 3.05) is 27.3 Å². The molecule has 2 atom stereocenters. The molecule has 0 bridgehead atoms. The Hall–Kier alpha value is -2.97. The van der Waals surface area contributed by atoms with Crippen LogP contribution in [0.5, 0.6) is 11.5 Å². The molecule has 9 nitrogen and oxygen atoms in total. The number of rotatable bonds is 12. The van der Waals surface area contributed by atoms with Crippen LogP contribution in [0.15, 0.2) is 18.2 Å². The minimum absolute atomic E-state index is 0.0834. The summed E-state index contributed by atoms with van der Waals surface area (Å²) in [6.07, 6.45) is 7.89. The minimum atomic E-state index is -0.629. The number of unbranched alkanes of at least 4 members (excludes halogenated alkanes) is 1. The van der Waals surface area contributed by atoms with E-state index >= 15 is 0 Å². The molecule has 2 aliphatic rings. The van der Waals surface area contributed by atoms with Crippen LogP contribution in [-0.4, -0.2) is 73.1 Å². The van der Waals surface area contributed by atoms with E-state index in [0.29, 0.717) is 37.6 Å². The molecule has 2 fully saturated rings. The number of carbonyl (C=O) groups is 3. The zero-order chi connectivity index (χ0) is 28.4. The van der Waals surface area contributed by atoms with Crippen LogP contribution in [0.2, 0.25) is 0 Å². The molecular weight excluding hydrogens is 496 g/mol. The summed E-state index contributed by atoms with van der Waals surface area (Å²) in [5.74, 6) is 1.24. The van der Waals surface area contributed by atoms with E-state index in [1.807, 2.05) is 18.2 Å². The van der Waals surface area contributed by atoms with Crippen LogP contribution in [0, 0.1) is 5.92 Å². The van der Waals surface area contributed by atoms with Crippen molar-refractivity contribution in [2.45, 2.75) is 103 Å². The zero-order valence-electron chi connectivity index (χ0n) is 24.5. The van der Waals surface area contributed by atoms with Crippen LogP contribution in [0.4, 0.5) is 4.79 Å².